The van der Waals surface area contributed by atoms with E-state index in [4.69, 9.17) is 4.74 Å². The SMILES string of the molecule is O=C(CNC(=O)OCc1ccccc1)Cc1ccccc1. The molecule has 0 aliphatic heterocycles. The molecule has 0 spiro atoms. The summed E-state index contributed by atoms with van der Waals surface area (Å²) in [4.78, 5) is 23.2. The highest BCUT2D eigenvalue weighted by Crippen LogP contribution is 2.01. The minimum atomic E-state index is -0.583. The van der Waals surface area contributed by atoms with Crippen LogP contribution in [-0.4, -0.2) is 18.4 Å². The quantitative estimate of drug-likeness (QED) is 0.887. The Morgan fingerprint density at radius 3 is 2.05 bits per heavy atom. The van der Waals surface area contributed by atoms with Crippen LogP contribution in [0.4, 0.5) is 4.79 Å². The molecular weight excluding hydrogens is 266 g/mol. The zero-order chi connectivity index (χ0) is 14.9. The largest absolute Gasteiger partial charge is 0.445 e. The van der Waals surface area contributed by atoms with E-state index < -0.39 is 6.09 Å². The third-order valence-corrected chi connectivity index (χ3v) is 2.89. The van der Waals surface area contributed by atoms with Crippen LogP contribution in [0, 0.1) is 0 Å². The molecule has 1 amide bonds. The van der Waals surface area contributed by atoms with Gasteiger partial charge in [-0.15, -0.1) is 0 Å². The van der Waals surface area contributed by atoms with Gasteiger partial charge in [0.05, 0.1) is 6.54 Å². The minimum Gasteiger partial charge on any atom is -0.445 e. The third kappa shape index (κ3) is 5.48. The van der Waals surface area contributed by atoms with Crippen LogP contribution in [0.15, 0.2) is 60.7 Å². The minimum absolute atomic E-state index is 0.0253. The fourth-order valence-corrected chi connectivity index (χ4v) is 1.83. The number of ketones is 1. The number of Topliss-reactive ketones (excluding diaryl/α,β-unsaturated/α-hetero) is 1. The van der Waals surface area contributed by atoms with E-state index in [0.717, 1.165) is 11.1 Å². The van der Waals surface area contributed by atoms with Crippen molar-refractivity contribution in [3.63, 3.8) is 0 Å². The molecule has 0 unspecified atom stereocenters. The Hall–Kier alpha value is -2.62. The maximum atomic E-state index is 11.7. The van der Waals surface area contributed by atoms with Gasteiger partial charge in [0.25, 0.3) is 0 Å². The Balaban J connectivity index is 1.68. The Morgan fingerprint density at radius 1 is 0.857 bits per heavy atom. The lowest BCUT2D eigenvalue weighted by Gasteiger charge is -2.06. The summed E-state index contributed by atoms with van der Waals surface area (Å²) in [5, 5.41) is 2.46. The summed E-state index contributed by atoms with van der Waals surface area (Å²) in [7, 11) is 0. The Bertz CT molecular complexity index is 581. The van der Waals surface area contributed by atoms with Gasteiger partial charge in [-0.3, -0.25) is 4.79 Å². The molecule has 0 fully saturated rings. The van der Waals surface area contributed by atoms with Gasteiger partial charge in [-0.05, 0) is 11.1 Å². The lowest BCUT2D eigenvalue weighted by molar-refractivity contribution is -0.117. The highest BCUT2D eigenvalue weighted by molar-refractivity contribution is 5.85. The molecule has 108 valence electrons. The predicted octanol–water partition coefficient (Wildman–Crippen LogP) is 2.72. The molecular formula is C17H17NO3. The second-order valence-corrected chi connectivity index (χ2v) is 4.62. The van der Waals surface area contributed by atoms with Crippen LogP contribution in [0.25, 0.3) is 0 Å². The fourth-order valence-electron chi connectivity index (χ4n) is 1.83. The molecule has 0 heterocycles. The molecule has 0 saturated heterocycles. The number of carbonyl (C=O) groups is 2. The van der Waals surface area contributed by atoms with Gasteiger partial charge in [-0.25, -0.2) is 4.79 Å². The molecule has 0 aliphatic rings. The van der Waals surface area contributed by atoms with Crippen molar-refractivity contribution < 1.29 is 14.3 Å². The van der Waals surface area contributed by atoms with Gasteiger partial charge >= 0.3 is 6.09 Å². The summed E-state index contributed by atoms with van der Waals surface area (Å²) in [6.45, 7) is 0.169. The fraction of sp³-hybridized carbons (Fsp3) is 0.176. The van der Waals surface area contributed by atoms with E-state index in [1.807, 2.05) is 60.7 Å². The van der Waals surface area contributed by atoms with E-state index in [-0.39, 0.29) is 18.9 Å². The third-order valence-electron chi connectivity index (χ3n) is 2.89. The Labute approximate surface area is 123 Å². The second kappa shape index (κ2) is 7.85. The number of benzene rings is 2. The van der Waals surface area contributed by atoms with E-state index in [9.17, 15) is 9.59 Å². The number of hydrogen-bond acceptors (Lipinski definition) is 3. The number of ether oxygens (including phenoxy) is 1. The van der Waals surface area contributed by atoms with Gasteiger partial charge < -0.3 is 10.1 Å². The summed E-state index contributed by atoms with van der Waals surface area (Å²) < 4.78 is 5.03. The van der Waals surface area contributed by atoms with Crippen molar-refractivity contribution in [2.45, 2.75) is 13.0 Å². The maximum Gasteiger partial charge on any atom is 0.407 e. The zero-order valence-electron chi connectivity index (χ0n) is 11.6. The molecule has 21 heavy (non-hydrogen) atoms. The molecule has 0 bridgehead atoms. The van der Waals surface area contributed by atoms with E-state index >= 15 is 0 Å². The molecule has 0 aromatic heterocycles. The summed E-state index contributed by atoms with van der Waals surface area (Å²) in [6.07, 6.45) is -0.278. The highest BCUT2D eigenvalue weighted by Gasteiger charge is 2.07. The van der Waals surface area contributed by atoms with Crippen molar-refractivity contribution in [2.75, 3.05) is 6.54 Å². The van der Waals surface area contributed by atoms with Crippen LogP contribution in [0.2, 0.25) is 0 Å². The topological polar surface area (TPSA) is 55.4 Å². The standard InChI is InChI=1S/C17H17NO3/c19-16(11-14-7-3-1-4-8-14)12-18-17(20)21-13-15-9-5-2-6-10-15/h1-10H,11-13H2,(H,18,20). The molecule has 0 radical (unpaired) electrons. The van der Waals surface area contributed by atoms with Crippen molar-refractivity contribution in [2.24, 2.45) is 0 Å². The normalized spacial score (nSPS) is 9.90. The smallest absolute Gasteiger partial charge is 0.407 e. The molecule has 2 rings (SSSR count). The lowest BCUT2D eigenvalue weighted by Crippen LogP contribution is -2.30. The Morgan fingerprint density at radius 2 is 1.43 bits per heavy atom. The molecule has 0 saturated carbocycles. The summed E-state index contributed by atoms with van der Waals surface area (Å²) in [5.74, 6) is -0.0575. The monoisotopic (exact) mass is 283 g/mol. The van der Waals surface area contributed by atoms with Gasteiger partial charge in [0.1, 0.15) is 6.61 Å². The molecule has 1 N–H and O–H groups in total. The maximum absolute atomic E-state index is 11.7. The van der Waals surface area contributed by atoms with E-state index in [2.05, 4.69) is 5.32 Å². The van der Waals surface area contributed by atoms with Crippen molar-refractivity contribution in [3.05, 3.63) is 71.8 Å². The van der Waals surface area contributed by atoms with Crippen LogP contribution < -0.4 is 5.32 Å². The number of carbonyl (C=O) groups excluding carboxylic acids is 2. The van der Waals surface area contributed by atoms with Crippen LogP contribution in [0.5, 0.6) is 0 Å². The zero-order valence-corrected chi connectivity index (χ0v) is 11.6. The average Bonchev–Trinajstić information content (AvgIpc) is 2.53. The molecule has 2 aromatic carbocycles. The van der Waals surface area contributed by atoms with Crippen LogP contribution in [0.3, 0.4) is 0 Å². The number of hydrogen-bond donors (Lipinski definition) is 1. The average molecular weight is 283 g/mol. The van der Waals surface area contributed by atoms with Crippen molar-refractivity contribution in [1.29, 1.82) is 0 Å². The van der Waals surface area contributed by atoms with E-state index in [0.29, 0.717) is 6.42 Å². The highest BCUT2D eigenvalue weighted by atomic mass is 16.5. The van der Waals surface area contributed by atoms with Gasteiger partial charge in [0, 0.05) is 6.42 Å². The van der Waals surface area contributed by atoms with Crippen molar-refractivity contribution in [1.82, 2.24) is 5.32 Å². The molecule has 0 atom stereocenters. The molecule has 0 aliphatic carbocycles. The number of rotatable bonds is 6. The second-order valence-electron chi connectivity index (χ2n) is 4.62. The van der Waals surface area contributed by atoms with E-state index in [1.54, 1.807) is 0 Å². The van der Waals surface area contributed by atoms with Gasteiger partial charge in [-0.2, -0.15) is 0 Å². The van der Waals surface area contributed by atoms with Crippen molar-refractivity contribution in [3.8, 4) is 0 Å². The lowest BCUT2D eigenvalue weighted by atomic mass is 10.1. The van der Waals surface area contributed by atoms with Crippen molar-refractivity contribution >= 4 is 11.9 Å². The van der Waals surface area contributed by atoms with Gasteiger partial charge in [0.15, 0.2) is 5.78 Å². The molecule has 4 heteroatoms. The summed E-state index contributed by atoms with van der Waals surface area (Å²) in [5.41, 5.74) is 1.84. The van der Waals surface area contributed by atoms with E-state index in [1.165, 1.54) is 0 Å². The molecule has 4 nitrogen and oxygen atoms in total. The van der Waals surface area contributed by atoms with Crippen LogP contribution in [0.1, 0.15) is 11.1 Å². The first-order valence-electron chi connectivity index (χ1n) is 6.74. The summed E-state index contributed by atoms with van der Waals surface area (Å²) in [6, 6.07) is 18.8. The van der Waals surface area contributed by atoms with Gasteiger partial charge in [0.2, 0.25) is 0 Å². The summed E-state index contributed by atoms with van der Waals surface area (Å²) >= 11 is 0. The van der Waals surface area contributed by atoms with Crippen LogP contribution >= 0.6 is 0 Å². The first-order valence-corrected chi connectivity index (χ1v) is 6.74. The first-order chi connectivity index (χ1) is 10.2. The first kappa shape index (κ1) is 14.8. The van der Waals surface area contributed by atoms with Gasteiger partial charge in [-0.1, -0.05) is 60.7 Å². The number of amides is 1. The Kier molecular flexibility index (Phi) is 5.52. The van der Waals surface area contributed by atoms with Crippen LogP contribution in [-0.2, 0) is 22.6 Å². The number of alkyl carbamates (subject to hydrolysis) is 1. The number of nitrogens with one attached hydrogen (secondary N) is 1. The molecule has 2 aromatic rings. The predicted molar refractivity (Wildman–Crippen MR) is 79.8 cm³/mol.